The zero-order chi connectivity index (χ0) is 12.7. The maximum atomic E-state index is 13.9. The molecule has 0 aliphatic heterocycles. The number of aromatic nitrogens is 1. The molecule has 0 N–H and O–H groups in total. The molecule has 0 atom stereocenters. The standard InChI is InChI=1S/C15H16FNS/c1-9(2)12-6-5-11(7-13(12)16)14-8-18-15(17-14)10-3-4-10/h5-10H,3-4H2,1-2H3. The zero-order valence-corrected chi connectivity index (χ0v) is 11.4. The van der Waals surface area contributed by atoms with E-state index in [1.807, 2.05) is 31.4 Å². The maximum absolute atomic E-state index is 13.9. The number of halogens is 1. The molecule has 0 spiro atoms. The Hall–Kier alpha value is -1.22. The molecular formula is C15H16FNS. The number of hydrogen-bond acceptors (Lipinski definition) is 2. The third kappa shape index (κ3) is 2.19. The van der Waals surface area contributed by atoms with Gasteiger partial charge in [-0.2, -0.15) is 0 Å². The summed E-state index contributed by atoms with van der Waals surface area (Å²) in [5, 5.41) is 3.25. The van der Waals surface area contributed by atoms with Crippen molar-refractivity contribution in [3.8, 4) is 11.3 Å². The Bertz CT molecular complexity index is 570. The SMILES string of the molecule is CC(C)c1ccc(-c2csc(C3CC3)n2)cc1F. The number of nitrogens with zero attached hydrogens (tertiary/aromatic N) is 1. The van der Waals surface area contributed by atoms with Crippen LogP contribution in [-0.4, -0.2) is 4.98 Å². The van der Waals surface area contributed by atoms with E-state index in [9.17, 15) is 4.39 Å². The third-order valence-corrected chi connectivity index (χ3v) is 4.37. The Morgan fingerprint density at radius 3 is 2.72 bits per heavy atom. The first kappa shape index (κ1) is 11.8. The van der Waals surface area contributed by atoms with Crippen LogP contribution in [0.3, 0.4) is 0 Å². The molecule has 0 radical (unpaired) electrons. The van der Waals surface area contributed by atoms with Crippen LogP contribution < -0.4 is 0 Å². The van der Waals surface area contributed by atoms with Gasteiger partial charge in [-0.1, -0.05) is 26.0 Å². The summed E-state index contributed by atoms with van der Waals surface area (Å²) < 4.78 is 13.9. The molecule has 1 heterocycles. The summed E-state index contributed by atoms with van der Waals surface area (Å²) in [5.41, 5.74) is 2.58. The second-order valence-corrected chi connectivity index (χ2v) is 6.13. The molecule has 1 aliphatic carbocycles. The van der Waals surface area contributed by atoms with E-state index in [-0.39, 0.29) is 11.7 Å². The van der Waals surface area contributed by atoms with Gasteiger partial charge in [0.25, 0.3) is 0 Å². The van der Waals surface area contributed by atoms with Gasteiger partial charge in [0.05, 0.1) is 10.7 Å². The van der Waals surface area contributed by atoms with Crippen molar-refractivity contribution in [3.05, 3.63) is 40.0 Å². The van der Waals surface area contributed by atoms with Crippen LogP contribution in [0.1, 0.15) is 49.1 Å². The van der Waals surface area contributed by atoms with Crippen LogP contribution in [0.4, 0.5) is 4.39 Å². The first-order chi connectivity index (χ1) is 8.65. The molecular weight excluding hydrogens is 245 g/mol. The summed E-state index contributed by atoms with van der Waals surface area (Å²) in [5.74, 6) is 0.767. The first-order valence-electron chi connectivity index (χ1n) is 6.40. The van der Waals surface area contributed by atoms with Crippen molar-refractivity contribution >= 4 is 11.3 Å². The van der Waals surface area contributed by atoms with Gasteiger partial charge in [0, 0.05) is 16.9 Å². The Morgan fingerprint density at radius 1 is 1.33 bits per heavy atom. The van der Waals surface area contributed by atoms with Gasteiger partial charge in [-0.25, -0.2) is 9.37 Å². The highest BCUT2D eigenvalue weighted by molar-refractivity contribution is 7.10. The van der Waals surface area contributed by atoms with Crippen molar-refractivity contribution in [2.45, 2.75) is 38.5 Å². The Balaban J connectivity index is 1.93. The highest BCUT2D eigenvalue weighted by Gasteiger charge is 2.26. The van der Waals surface area contributed by atoms with Crippen molar-refractivity contribution < 1.29 is 4.39 Å². The molecule has 3 heteroatoms. The van der Waals surface area contributed by atoms with E-state index in [1.165, 1.54) is 17.8 Å². The largest absolute Gasteiger partial charge is 0.241 e. The molecule has 1 saturated carbocycles. The minimum atomic E-state index is -0.122. The summed E-state index contributed by atoms with van der Waals surface area (Å²) in [6, 6.07) is 5.47. The summed E-state index contributed by atoms with van der Waals surface area (Å²) in [7, 11) is 0. The molecule has 2 aromatic rings. The van der Waals surface area contributed by atoms with Gasteiger partial charge in [0.15, 0.2) is 0 Å². The number of rotatable bonds is 3. The van der Waals surface area contributed by atoms with E-state index >= 15 is 0 Å². The van der Waals surface area contributed by atoms with Crippen LogP contribution in [0.2, 0.25) is 0 Å². The average Bonchev–Trinajstić information content (AvgIpc) is 3.06. The van der Waals surface area contributed by atoms with Gasteiger partial charge in [-0.3, -0.25) is 0 Å². The number of hydrogen-bond donors (Lipinski definition) is 0. The normalized spacial score (nSPS) is 15.3. The van der Waals surface area contributed by atoms with E-state index in [0.29, 0.717) is 5.92 Å². The Morgan fingerprint density at radius 2 is 2.11 bits per heavy atom. The number of thiazole rings is 1. The smallest absolute Gasteiger partial charge is 0.127 e. The van der Waals surface area contributed by atoms with E-state index in [2.05, 4.69) is 4.98 Å². The molecule has 0 bridgehead atoms. The lowest BCUT2D eigenvalue weighted by Gasteiger charge is -2.07. The van der Waals surface area contributed by atoms with Gasteiger partial charge < -0.3 is 0 Å². The lowest BCUT2D eigenvalue weighted by atomic mass is 10.0. The van der Waals surface area contributed by atoms with E-state index in [1.54, 1.807) is 17.4 Å². The molecule has 3 rings (SSSR count). The highest BCUT2D eigenvalue weighted by Crippen LogP contribution is 2.42. The fourth-order valence-corrected chi connectivity index (χ4v) is 3.09. The van der Waals surface area contributed by atoms with Gasteiger partial charge >= 0.3 is 0 Å². The minimum absolute atomic E-state index is 0.122. The van der Waals surface area contributed by atoms with E-state index < -0.39 is 0 Å². The fourth-order valence-electron chi connectivity index (χ4n) is 2.09. The molecule has 0 amide bonds. The molecule has 1 aromatic carbocycles. The molecule has 94 valence electrons. The average molecular weight is 261 g/mol. The van der Waals surface area contributed by atoms with Crippen LogP contribution >= 0.6 is 11.3 Å². The maximum Gasteiger partial charge on any atom is 0.127 e. The second-order valence-electron chi connectivity index (χ2n) is 5.24. The predicted molar refractivity (Wildman–Crippen MR) is 73.6 cm³/mol. The van der Waals surface area contributed by atoms with Crippen LogP contribution in [0.25, 0.3) is 11.3 Å². The first-order valence-corrected chi connectivity index (χ1v) is 7.28. The van der Waals surface area contributed by atoms with E-state index in [4.69, 9.17) is 0 Å². The van der Waals surface area contributed by atoms with Crippen LogP contribution in [-0.2, 0) is 0 Å². The molecule has 0 saturated heterocycles. The van der Waals surface area contributed by atoms with Gasteiger partial charge in [-0.05, 0) is 30.4 Å². The van der Waals surface area contributed by atoms with Gasteiger partial charge in [0.1, 0.15) is 5.82 Å². The van der Waals surface area contributed by atoms with Gasteiger partial charge in [-0.15, -0.1) is 11.3 Å². The third-order valence-electron chi connectivity index (χ3n) is 3.37. The Kier molecular flexibility index (Phi) is 2.94. The molecule has 1 aliphatic rings. The van der Waals surface area contributed by atoms with Crippen molar-refractivity contribution in [1.29, 1.82) is 0 Å². The lowest BCUT2D eigenvalue weighted by Crippen LogP contribution is -1.93. The minimum Gasteiger partial charge on any atom is -0.241 e. The molecule has 18 heavy (non-hydrogen) atoms. The number of benzene rings is 1. The molecule has 1 nitrogen and oxygen atoms in total. The summed E-state index contributed by atoms with van der Waals surface area (Å²) in [6.45, 7) is 4.01. The van der Waals surface area contributed by atoms with Crippen molar-refractivity contribution in [1.82, 2.24) is 4.98 Å². The monoisotopic (exact) mass is 261 g/mol. The quantitative estimate of drug-likeness (QED) is 0.761. The van der Waals surface area contributed by atoms with Crippen molar-refractivity contribution in [2.75, 3.05) is 0 Å². The molecule has 0 unspecified atom stereocenters. The van der Waals surface area contributed by atoms with Crippen molar-refractivity contribution in [3.63, 3.8) is 0 Å². The van der Waals surface area contributed by atoms with E-state index in [0.717, 1.165) is 16.8 Å². The Labute approximate surface area is 111 Å². The summed E-state index contributed by atoms with van der Waals surface area (Å²) in [4.78, 5) is 4.61. The molecule has 1 fully saturated rings. The summed E-state index contributed by atoms with van der Waals surface area (Å²) in [6.07, 6.45) is 2.52. The van der Waals surface area contributed by atoms with Crippen LogP contribution in [0.5, 0.6) is 0 Å². The molecule has 1 aromatic heterocycles. The zero-order valence-electron chi connectivity index (χ0n) is 10.6. The topological polar surface area (TPSA) is 12.9 Å². The fraction of sp³-hybridized carbons (Fsp3) is 0.400. The predicted octanol–water partition coefficient (Wildman–Crippen LogP) is 4.95. The van der Waals surface area contributed by atoms with Crippen LogP contribution in [0, 0.1) is 5.82 Å². The van der Waals surface area contributed by atoms with Crippen molar-refractivity contribution in [2.24, 2.45) is 0 Å². The summed E-state index contributed by atoms with van der Waals surface area (Å²) >= 11 is 1.70. The van der Waals surface area contributed by atoms with Gasteiger partial charge in [0.2, 0.25) is 0 Å². The highest BCUT2D eigenvalue weighted by atomic mass is 32.1. The lowest BCUT2D eigenvalue weighted by molar-refractivity contribution is 0.599. The van der Waals surface area contributed by atoms with Crippen LogP contribution in [0.15, 0.2) is 23.6 Å². The second kappa shape index (κ2) is 4.47.